The number of sulfone groups is 1. The Morgan fingerprint density at radius 1 is 1.56 bits per heavy atom. The van der Waals surface area contributed by atoms with E-state index in [-0.39, 0.29) is 19.0 Å². The first-order valence-electron chi connectivity index (χ1n) is 2.37. The van der Waals surface area contributed by atoms with Crippen molar-refractivity contribution < 1.29 is 8.42 Å². The number of nitrogens with two attached hydrogens (primary N) is 1. The Morgan fingerprint density at radius 2 is 1.89 bits per heavy atom. The van der Waals surface area contributed by atoms with Crippen LogP contribution < -0.4 is 5.73 Å². The zero-order chi connectivity index (χ0) is 6.78. The third-order valence-electron chi connectivity index (χ3n) is 1.06. The van der Waals surface area contributed by atoms with Crippen LogP contribution >= 0.6 is 12.4 Å². The number of halogens is 1. The van der Waals surface area contributed by atoms with Crippen molar-refractivity contribution in [3.05, 3.63) is 0 Å². The Morgan fingerprint density at radius 3 is 1.89 bits per heavy atom. The van der Waals surface area contributed by atoms with Gasteiger partial charge in [0.1, 0.15) is 0 Å². The Labute approximate surface area is 62.0 Å². The fourth-order valence-corrected chi connectivity index (χ4v) is 0.524. The van der Waals surface area contributed by atoms with Crippen molar-refractivity contribution in [1.29, 1.82) is 0 Å². The van der Waals surface area contributed by atoms with E-state index in [1.165, 1.54) is 6.26 Å². The summed E-state index contributed by atoms with van der Waals surface area (Å²) in [5, 5.41) is -0.400. The van der Waals surface area contributed by atoms with Crippen LogP contribution in [0.3, 0.4) is 0 Å². The summed E-state index contributed by atoms with van der Waals surface area (Å²) in [6.07, 6.45) is 1.19. The van der Waals surface area contributed by atoms with Crippen molar-refractivity contribution in [1.82, 2.24) is 0 Å². The van der Waals surface area contributed by atoms with Gasteiger partial charge in [0.15, 0.2) is 9.84 Å². The Kier molecular flexibility index (Phi) is 5.42. The van der Waals surface area contributed by atoms with E-state index in [9.17, 15) is 8.42 Å². The topological polar surface area (TPSA) is 60.2 Å². The molecule has 0 rings (SSSR count). The predicted molar refractivity (Wildman–Crippen MR) is 40.6 cm³/mol. The standard InChI is InChI=1S/C4H11NO2S.ClH/c1-4(3-5)8(2,6)7;/h4H,3,5H2,1-2H3;1H. The van der Waals surface area contributed by atoms with Gasteiger partial charge in [0.05, 0.1) is 5.25 Å². The highest BCUT2D eigenvalue weighted by Gasteiger charge is 2.10. The van der Waals surface area contributed by atoms with Crippen LogP contribution in [0.5, 0.6) is 0 Å². The number of hydrogen-bond donors (Lipinski definition) is 1. The van der Waals surface area contributed by atoms with Crippen molar-refractivity contribution >= 4 is 22.2 Å². The molecule has 1 unspecified atom stereocenters. The van der Waals surface area contributed by atoms with Gasteiger partial charge in [-0.3, -0.25) is 0 Å². The predicted octanol–water partition coefficient (Wildman–Crippen LogP) is -0.200. The largest absolute Gasteiger partial charge is 0.329 e. The fourth-order valence-electron chi connectivity index (χ4n) is 0.175. The van der Waals surface area contributed by atoms with Crippen LogP contribution in [0.25, 0.3) is 0 Å². The van der Waals surface area contributed by atoms with Gasteiger partial charge in [0.25, 0.3) is 0 Å². The first-order valence-corrected chi connectivity index (χ1v) is 4.33. The minimum atomic E-state index is -2.88. The van der Waals surface area contributed by atoms with Crippen molar-refractivity contribution in [3.63, 3.8) is 0 Å². The van der Waals surface area contributed by atoms with E-state index in [4.69, 9.17) is 5.73 Å². The maximum absolute atomic E-state index is 10.5. The third kappa shape index (κ3) is 4.69. The van der Waals surface area contributed by atoms with Crippen LogP contribution in [-0.4, -0.2) is 26.5 Å². The lowest BCUT2D eigenvalue weighted by Gasteiger charge is -2.02. The van der Waals surface area contributed by atoms with E-state index in [1.807, 2.05) is 0 Å². The monoisotopic (exact) mass is 173 g/mol. The van der Waals surface area contributed by atoms with E-state index < -0.39 is 15.1 Å². The third-order valence-corrected chi connectivity index (χ3v) is 2.72. The molecule has 1 atom stereocenters. The quantitative estimate of drug-likeness (QED) is 0.629. The molecule has 0 aliphatic rings. The van der Waals surface area contributed by atoms with Gasteiger partial charge in [-0.05, 0) is 6.92 Å². The SMILES string of the molecule is CC(CN)S(C)(=O)=O.Cl. The molecule has 0 fully saturated rings. The lowest BCUT2D eigenvalue weighted by atomic mass is 10.5. The zero-order valence-electron chi connectivity index (χ0n) is 5.49. The van der Waals surface area contributed by atoms with Gasteiger partial charge in [-0.15, -0.1) is 12.4 Å². The summed E-state index contributed by atoms with van der Waals surface area (Å²) in [5.41, 5.74) is 5.08. The van der Waals surface area contributed by atoms with Crippen LogP contribution in [0.15, 0.2) is 0 Å². The Balaban J connectivity index is 0. The molecule has 0 spiro atoms. The average Bonchev–Trinajstić information content (AvgIpc) is 1.62. The van der Waals surface area contributed by atoms with Crippen molar-refractivity contribution in [2.75, 3.05) is 12.8 Å². The lowest BCUT2D eigenvalue weighted by molar-refractivity contribution is 0.590. The summed E-state index contributed by atoms with van der Waals surface area (Å²) in [6.45, 7) is 1.80. The molecular formula is C4H12ClNO2S. The highest BCUT2D eigenvalue weighted by atomic mass is 35.5. The molecule has 0 amide bonds. The number of hydrogen-bond acceptors (Lipinski definition) is 3. The first kappa shape index (κ1) is 11.9. The smallest absolute Gasteiger partial charge is 0.151 e. The van der Waals surface area contributed by atoms with Gasteiger partial charge in [0, 0.05) is 12.8 Å². The molecule has 0 saturated heterocycles. The molecular weight excluding hydrogens is 162 g/mol. The second-order valence-electron chi connectivity index (χ2n) is 1.88. The van der Waals surface area contributed by atoms with Gasteiger partial charge in [-0.2, -0.15) is 0 Å². The van der Waals surface area contributed by atoms with Crippen LogP contribution in [0.2, 0.25) is 0 Å². The molecule has 5 heteroatoms. The van der Waals surface area contributed by atoms with Crippen LogP contribution in [-0.2, 0) is 9.84 Å². The van der Waals surface area contributed by atoms with Gasteiger partial charge in [0.2, 0.25) is 0 Å². The molecule has 0 saturated carbocycles. The summed E-state index contributed by atoms with van der Waals surface area (Å²) in [5.74, 6) is 0. The average molecular weight is 174 g/mol. The molecule has 0 aliphatic heterocycles. The summed E-state index contributed by atoms with van der Waals surface area (Å²) in [4.78, 5) is 0. The molecule has 2 N–H and O–H groups in total. The minimum Gasteiger partial charge on any atom is -0.329 e. The number of rotatable bonds is 2. The van der Waals surface area contributed by atoms with Gasteiger partial charge >= 0.3 is 0 Å². The Hall–Kier alpha value is 0.200. The van der Waals surface area contributed by atoms with Crippen molar-refractivity contribution in [3.8, 4) is 0 Å². The first-order chi connectivity index (χ1) is 3.48. The second-order valence-corrected chi connectivity index (χ2v) is 4.34. The van der Waals surface area contributed by atoms with E-state index in [0.717, 1.165) is 0 Å². The maximum Gasteiger partial charge on any atom is 0.151 e. The summed E-state index contributed by atoms with van der Waals surface area (Å²) in [7, 11) is -2.88. The van der Waals surface area contributed by atoms with Gasteiger partial charge in [-0.1, -0.05) is 0 Å². The molecule has 3 nitrogen and oxygen atoms in total. The molecule has 0 aromatic heterocycles. The molecule has 0 bridgehead atoms. The molecule has 0 aromatic carbocycles. The summed E-state index contributed by atoms with van der Waals surface area (Å²) >= 11 is 0. The van der Waals surface area contributed by atoms with E-state index >= 15 is 0 Å². The molecule has 0 aromatic rings. The minimum absolute atomic E-state index is 0. The van der Waals surface area contributed by atoms with Gasteiger partial charge in [-0.25, -0.2) is 8.42 Å². The summed E-state index contributed by atoms with van der Waals surface area (Å²) in [6, 6.07) is 0. The van der Waals surface area contributed by atoms with Crippen molar-refractivity contribution in [2.24, 2.45) is 5.73 Å². The molecule has 0 aliphatic carbocycles. The van der Waals surface area contributed by atoms with E-state index in [0.29, 0.717) is 0 Å². The fraction of sp³-hybridized carbons (Fsp3) is 1.00. The molecule has 58 valence electrons. The molecule has 0 radical (unpaired) electrons. The zero-order valence-corrected chi connectivity index (χ0v) is 7.13. The van der Waals surface area contributed by atoms with Crippen LogP contribution in [0, 0.1) is 0 Å². The Bertz CT molecular complexity index is 154. The molecule has 0 heterocycles. The molecule has 9 heavy (non-hydrogen) atoms. The second kappa shape index (κ2) is 4.09. The van der Waals surface area contributed by atoms with Crippen LogP contribution in [0.1, 0.15) is 6.92 Å². The highest BCUT2D eigenvalue weighted by Crippen LogP contribution is 1.92. The highest BCUT2D eigenvalue weighted by molar-refractivity contribution is 7.91. The normalized spacial score (nSPS) is 14.1. The lowest BCUT2D eigenvalue weighted by Crippen LogP contribution is -2.25. The van der Waals surface area contributed by atoms with Crippen molar-refractivity contribution in [2.45, 2.75) is 12.2 Å². The summed E-state index contributed by atoms with van der Waals surface area (Å²) < 4.78 is 21.0. The maximum atomic E-state index is 10.5. The van der Waals surface area contributed by atoms with Gasteiger partial charge < -0.3 is 5.73 Å². The van der Waals surface area contributed by atoms with Crippen LogP contribution in [0.4, 0.5) is 0 Å². The van der Waals surface area contributed by atoms with E-state index in [1.54, 1.807) is 6.92 Å². The van der Waals surface area contributed by atoms with E-state index in [2.05, 4.69) is 0 Å².